The Kier molecular flexibility index (Phi) is 6.76. The zero-order valence-corrected chi connectivity index (χ0v) is 15.7. The van der Waals surface area contributed by atoms with Crippen LogP contribution < -0.4 is 0 Å². The second-order valence-electron chi connectivity index (χ2n) is 8.92. The first-order valence-corrected chi connectivity index (χ1v) is 9.64. The van der Waals surface area contributed by atoms with E-state index in [-0.39, 0.29) is 0 Å². The van der Waals surface area contributed by atoms with Crippen LogP contribution in [-0.2, 0) is 4.74 Å². The summed E-state index contributed by atoms with van der Waals surface area (Å²) in [6, 6.07) is 0.835. The van der Waals surface area contributed by atoms with E-state index in [2.05, 4.69) is 39.8 Å². The summed E-state index contributed by atoms with van der Waals surface area (Å²) in [5.74, 6) is 2.75. The maximum atomic E-state index is 5.54. The van der Waals surface area contributed by atoms with Crippen LogP contribution in [0.15, 0.2) is 0 Å². The van der Waals surface area contributed by atoms with E-state index in [0.717, 1.165) is 37.0 Å². The van der Waals surface area contributed by atoms with E-state index in [9.17, 15) is 0 Å². The SMILES string of the molecule is CC(CCC(C)(C)C1CCOCC1)C1CCC(N(C)C)CC1. The summed E-state index contributed by atoms with van der Waals surface area (Å²) in [6.07, 6.45) is 11.1. The van der Waals surface area contributed by atoms with Crippen molar-refractivity contribution >= 4 is 0 Å². The molecular formula is C20H39NO. The zero-order valence-electron chi connectivity index (χ0n) is 15.7. The number of nitrogens with zero attached hydrogens (tertiary/aromatic N) is 1. The molecule has 1 saturated heterocycles. The Hall–Kier alpha value is -0.0800. The number of rotatable bonds is 6. The van der Waals surface area contributed by atoms with Crippen LogP contribution in [0, 0.1) is 23.2 Å². The highest BCUT2D eigenvalue weighted by molar-refractivity contribution is 4.84. The molecule has 2 rings (SSSR count). The highest BCUT2D eigenvalue weighted by atomic mass is 16.5. The quantitative estimate of drug-likeness (QED) is 0.686. The molecule has 2 heteroatoms. The normalized spacial score (nSPS) is 29.7. The molecule has 1 aliphatic heterocycles. The van der Waals surface area contributed by atoms with Gasteiger partial charge in [0.2, 0.25) is 0 Å². The van der Waals surface area contributed by atoms with E-state index in [1.54, 1.807) is 0 Å². The zero-order chi connectivity index (χ0) is 16.2. The van der Waals surface area contributed by atoms with Crippen LogP contribution >= 0.6 is 0 Å². The lowest BCUT2D eigenvalue weighted by molar-refractivity contribution is 0.0162. The van der Waals surface area contributed by atoms with Gasteiger partial charge < -0.3 is 9.64 Å². The number of hydrogen-bond acceptors (Lipinski definition) is 2. The molecule has 0 aromatic carbocycles. The molecule has 0 N–H and O–H groups in total. The maximum absolute atomic E-state index is 5.54. The molecule has 0 radical (unpaired) electrons. The van der Waals surface area contributed by atoms with Gasteiger partial charge in [0.15, 0.2) is 0 Å². The van der Waals surface area contributed by atoms with Gasteiger partial charge in [-0.1, -0.05) is 20.8 Å². The lowest BCUT2D eigenvalue weighted by Gasteiger charge is -2.39. The molecule has 0 amide bonds. The van der Waals surface area contributed by atoms with Crippen molar-refractivity contribution in [1.29, 1.82) is 0 Å². The summed E-state index contributed by atoms with van der Waals surface area (Å²) in [6.45, 7) is 9.48. The maximum Gasteiger partial charge on any atom is 0.0468 e. The molecule has 0 bridgehead atoms. The Morgan fingerprint density at radius 1 is 1.00 bits per heavy atom. The summed E-state index contributed by atoms with van der Waals surface area (Å²) < 4.78 is 5.54. The fraction of sp³-hybridized carbons (Fsp3) is 1.00. The van der Waals surface area contributed by atoms with Crippen molar-refractivity contribution in [2.24, 2.45) is 23.2 Å². The van der Waals surface area contributed by atoms with E-state index < -0.39 is 0 Å². The van der Waals surface area contributed by atoms with Crippen LogP contribution in [0.2, 0.25) is 0 Å². The smallest absolute Gasteiger partial charge is 0.0468 e. The Morgan fingerprint density at radius 2 is 1.59 bits per heavy atom. The third-order valence-corrected chi connectivity index (χ3v) is 6.85. The molecule has 1 unspecified atom stereocenters. The summed E-state index contributed by atoms with van der Waals surface area (Å²) in [5, 5.41) is 0. The van der Waals surface area contributed by atoms with E-state index >= 15 is 0 Å². The van der Waals surface area contributed by atoms with Crippen molar-refractivity contribution in [3.05, 3.63) is 0 Å². The van der Waals surface area contributed by atoms with E-state index in [1.165, 1.54) is 51.4 Å². The lowest BCUT2D eigenvalue weighted by atomic mass is 9.69. The lowest BCUT2D eigenvalue weighted by Crippen LogP contribution is -2.34. The highest BCUT2D eigenvalue weighted by Crippen LogP contribution is 2.41. The Labute approximate surface area is 139 Å². The average molecular weight is 310 g/mol. The van der Waals surface area contributed by atoms with Gasteiger partial charge in [-0.2, -0.15) is 0 Å². The van der Waals surface area contributed by atoms with Gasteiger partial charge >= 0.3 is 0 Å². The first-order valence-electron chi connectivity index (χ1n) is 9.64. The minimum atomic E-state index is 0.499. The van der Waals surface area contributed by atoms with Crippen LogP contribution in [0.5, 0.6) is 0 Å². The van der Waals surface area contributed by atoms with Crippen LogP contribution in [0.3, 0.4) is 0 Å². The molecule has 2 aliphatic rings. The van der Waals surface area contributed by atoms with Gasteiger partial charge in [-0.25, -0.2) is 0 Å². The van der Waals surface area contributed by atoms with Gasteiger partial charge in [0.25, 0.3) is 0 Å². The van der Waals surface area contributed by atoms with Crippen LogP contribution in [-0.4, -0.2) is 38.3 Å². The average Bonchev–Trinajstić information content (AvgIpc) is 2.53. The van der Waals surface area contributed by atoms with Gasteiger partial charge in [0.05, 0.1) is 0 Å². The van der Waals surface area contributed by atoms with Gasteiger partial charge in [-0.15, -0.1) is 0 Å². The van der Waals surface area contributed by atoms with Crippen LogP contribution in [0.1, 0.15) is 72.1 Å². The van der Waals surface area contributed by atoms with Crippen molar-refractivity contribution in [1.82, 2.24) is 4.90 Å². The fourth-order valence-corrected chi connectivity index (χ4v) is 4.71. The molecule has 1 heterocycles. The minimum absolute atomic E-state index is 0.499. The molecule has 0 aromatic rings. The second-order valence-corrected chi connectivity index (χ2v) is 8.92. The predicted molar refractivity (Wildman–Crippen MR) is 95.2 cm³/mol. The van der Waals surface area contributed by atoms with E-state index in [0.29, 0.717) is 5.41 Å². The standard InChI is InChI=1S/C20H39NO/c1-16(17-6-8-19(9-7-17)21(4)5)10-13-20(2,3)18-11-14-22-15-12-18/h16-19H,6-15H2,1-5H3. The fourth-order valence-electron chi connectivity index (χ4n) is 4.71. The molecule has 1 atom stereocenters. The van der Waals surface area contributed by atoms with Crippen molar-refractivity contribution < 1.29 is 4.74 Å². The summed E-state index contributed by atoms with van der Waals surface area (Å²) in [5.41, 5.74) is 0.499. The predicted octanol–water partition coefficient (Wildman–Crippen LogP) is 4.98. The number of ether oxygens (including phenoxy) is 1. The third-order valence-electron chi connectivity index (χ3n) is 6.85. The van der Waals surface area contributed by atoms with Gasteiger partial charge in [0.1, 0.15) is 0 Å². The summed E-state index contributed by atoms with van der Waals surface area (Å²) in [4.78, 5) is 2.43. The molecule has 130 valence electrons. The van der Waals surface area contributed by atoms with Gasteiger partial charge in [0, 0.05) is 19.3 Å². The third kappa shape index (κ3) is 4.96. The van der Waals surface area contributed by atoms with Crippen molar-refractivity contribution in [2.45, 2.75) is 78.2 Å². The van der Waals surface area contributed by atoms with Crippen LogP contribution in [0.4, 0.5) is 0 Å². The van der Waals surface area contributed by atoms with Gasteiger partial charge in [-0.05, 0) is 88.6 Å². The molecule has 22 heavy (non-hydrogen) atoms. The molecule has 0 aromatic heterocycles. The highest BCUT2D eigenvalue weighted by Gasteiger charge is 2.32. The molecule has 1 aliphatic carbocycles. The largest absolute Gasteiger partial charge is 0.381 e. The topological polar surface area (TPSA) is 12.5 Å². The first-order chi connectivity index (χ1) is 10.4. The van der Waals surface area contributed by atoms with Crippen molar-refractivity contribution in [2.75, 3.05) is 27.3 Å². The van der Waals surface area contributed by atoms with E-state index in [4.69, 9.17) is 4.74 Å². The summed E-state index contributed by atoms with van der Waals surface area (Å²) >= 11 is 0. The molecular weight excluding hydrogens is 270 g/mol. The Bertz CT molecular complexity index is 312. The van der Waals surface area contributed by atoms with Crippen molar-refractivity contribution in [3.63, 3.8) is 0 Å². The number of hydrogen-bond donors (Lipinski definition) is 0. The molecule has 2 nitrogen and oxygen atoms in total. The second kappa shape index (κ2) is 8.15. The van der Waals surface area contributed by atoms with E-state index in [1.807, 2.05) is 0 Å². The molecule has 0 spiro atoms. The van der Waals surface area contributed by atoms with Crippen molar-refractivity contribution in [3.8, 4) is 0 Å². The van der Waals surface area contributed by atoms with Gasteiger partial charge in [-0.3, -0.25) is 0 Å². The molecule has 1 saturated carbocycles. The summed E-state index contributed by atoms with van der Waals surface area (Å²) in [7, 11) is 4.48. The van der Waals surface area contributed by atoms with Crippen LogP contribution in [0.25, 0.3) is 0 Å². The first kappa shape index (κ1) is 18.3. The monoisotopic (exact) mass is 309 g/mol. The molecule has 2 fully saturated rings. The Morgan fingerprint density at radius 3 is 2.14 bits per heavy atom. The Balaban J connectivity index is 1.74. The minimum Gasteiger partial charge on any atom is -0.381 e.